The number of halogens is 2. The highest BCUT2D eigenvalue weighted by molar-refractivity contribution is 5.66. The standard InChI is InChI=1S/C7H9F2NO2/c8-7(9)2-1-6(7)3-10(4-6)5(11)12/h1-4H2,(H,11,12). The first-order valence-electron chi connectivity index (χ1n) is 3.83. The van der Waals surface area contributed by atoms with E-state index in [0.717, 1.165) is 4.90 Å². The zero-order chi connectivity index (χ0) is 8.98. The van der Waals surface area contributed by atoms with Crippen molar-refractivity contribution in [1.29, 1.82) is 0 Å². The van der Waals surface area contributed by atoms with Crippen molar-refractivity contribution in [3.8, 4) is 0 Å². The number of nitrogens with zero attached hydrogens (tertiary/aromatic N) is 1. The molecule has 0 bridgehead atoms. The molecule has 3 nitrogen and oxygen atoms in total. The van der Waals surface area contributed by atoms with Crippen LogP contribution in [-0.2, 0) is 0 Å². The van der Waals surface area contributed by atoms with Gasteiger partial charge in [0, 0.05) is 19.5 Å². The molecule has 0 aromatic heterocycles. The molecule has 2 fully saturated rings. The average Bonchev–Trinajstić information content (AvgIpc) is 1.81. The van der Waals surface area contributed by atoms with Crippen LogP contribution in [0.1, 0.15) is 12.8 Å². The van der Waals surface area contributed by atoms with Crippen LogP contribution >= 0.6 is 0 Å². The maximum atomic E-state index is 12.9. The van der Waals surface area contributed by atoms with Crippen LogP contribution in [0.25, 0.3) is 0 Å². The Morgan fingerprint density at radius 3 is 2.17 bits per heavy atom. The molecule has 1 saturated heterocycles. The van der Waals surface area contributed by atoms with E-state index in [1.165, 1.54) is 0 Å². The summed E-state index contributed by atoms with van der Waals surface area (Å²) in [5.41, 5.74) is -0.995. The summed E-state index contributed by atoms with van der Waals surface area (Å²) in [4.78, 5) is 11.3. The van der Waals surface area contributed by atoms with E-state index in [9.17, 15) is 13.6 Å². The van der Waals surface area contributed by atoms with Gasteiger partial charge in [0.25, 0.3) is 5.92 Å². The lowest BCUT2D eigenvalue weighted by Crippen LogP contribution is -2.70. The monoisotopic (exact) mass is 177 g/mol. The van der Waals surface area contributed by atoms with Crippen LogP contribution in [0, 0.1) is 5.41 Å². The van der Waals surface area contributed by atoms with Crippen LogP contribution in [0.2, 0.25) is 0 Å². The summed E-state index contributed by atoms with van der Waals surface area (Å²) in [6.07, 6.45) is -0.715. The van der Waals surface area contributed by atoms with Crippen molar-refractivity contribution in [2.75, 3.05) is 13.1 Å². The van der Waals surface area contributed by atoms with E-state index in [1.807, 2.05) is 0 Å². The summed E-state index contributed by atoms with van der Waals surface area (Å²) in [6.45, 7) is 0.0185. The Labute approximate surface area is 68.0 Å². The van der Waals surface area contributed by atoms with Crippen molar-refractivity contribution in [1.82, 2.24) is 4.90 Å². The summed E-state index contributed by atoms with van der Waals surface area (Å²) in [7, 11) is 0. The van der Waals surface area contributed by atoms with Crippen molar-refractivity contribution in [3.63, 3.8) is 0 Å². The molecule has 12 heavy (non-hydrogen) atoms. The number of carboxylic acid groups (broad SMARTS) is 1. The highest BCUT2D eigenvalue weighted by atomic mass is 19.3. The largest absolute Gasteiger partial charge is 0.465 e. The third kappa shape index (κ3) is 0.711. The summed E-state index contributed by atoms with van der Waals surface area (Å²) in [5.74, 6) is -2.63. The molecule has 1 amide bonds. The van der Waals surface area contributed by atoms with Gasteiger partial charge in [0.15, 0.2) is 0 Å². The SMILES string of the molecule is O=C(O)N1CC2(CCC2(F)F)C1. The molecular weight excluding hydrogens is 168 g/mol. The van der Waals surface area contributed by atoms with Crippen LogP contribution in [0.3, 0.4) is 0 Å². The number of rotatable bonds is 0. The first kappa shape index (κ1) is 7.76. The van der Waals surface area contributed by atoms with E-state index in [0.29, 0.717) is 6.42 Å². The van der Waals surface area contributed by atoms with Gasteiger partial charge in [0.05, 0.1) is 5.41 Å². The minimum absolute atomic E-state index is 0.00926. The fourth-order valence-corrected chi connectivity index (χ4v) is 1.88. The van der Waals surface area contributed by atoms with Gasteiger partial charge in [0.1, 0.15) is 0 Å². The second kappa shape index (κ2) is 1.89. The van der Waals surface area contributed by atoms with E-state index in [4.69, 9.17) is 5.11 Å². The molecule has 1 N–H and O–H groups in total. The normalized spacial score (nSPS) is 29.3. The molecule has 1 heterocycles. The topological polar surface area (TPSA) is 40.5 Å². The Bertz CT molecular complexity index is 236. The van der Waals surface area contributed by atoms with Crippen molar-refractivity contribution >= 4 is 6.09 Å². The Morgan fingerprint density at radius 2 is 1.92 bits per heavy atom. The third-order valence-electron chi connectivity index (χ3n) is 2.95. The fraction of sp³-hybridized carbons (Fsp3) is 0.857. The third-order valence-corrected chi connectivity index (χ3v) is 2.95. The maximum Gasteiger partial charge on any atom is 0.407 e. The second-order valence-corrected chi connectivity index (χ2v) is 3.62. The first-order valence-corrected chi connectivity index (χ1v) is 3.83. The van der Waals surface area contributed by atoms with Gasteiger partial charge in [0.2, 0.25) is 0 Å². The maximum absolute atomic E-state index is 12.9. The fourth-order valence-electron chi connectivity index (χ4n) is 1.88. The summed E-state index contributed by atoms with van der Waals surface area (Å²) in [5, 5.41) is 8.44. The summed E-state index contributed by atoms with van der Waals surface area (Å²) in [6, 6.07) is 0. The van der Waals surface area contributed by atoms with E-state index in [1.54, 1.807) is 0 Å². The number of carbonyl (C=O) groups is 1. The zero-order valence-corrected chi connectivity index (χ0v) is 6.39. The highest BCUT2D eigenvalue weighted by Gasteiger charge is 2.67. The highest BCUT2D eigenvalue weighted by Crippen LogP contribution is 2.58. The second-order valence-electron chi connectivity index (χ2n) is 3.62. The Kier molecular flexibility index (Phi) is 1.22. The number of amides is 1. The lowest BCUT2D eigenvalue weighted by atomic mass is 9.60. The molecule has 68 valence electrons. The van der Waals surface area contributed by atoms with Crippen LogP contribution in [-0.4, -0.2) is 35.1 Å². The van der Waals surface area contributed by atoms with Gasteiger partial charge in [-0.1, -0.05) is 0 Å². The Hall–Kier alpha value is -0.870. The molecule has 5 heteroatoms. The van der Waals surface area contributed by atoms with Crippen LogP contribution in [0.5, 0.6) is 0 Å². The Morgan fingerprint density at radius 1 is 1.33 bits per heavy atom. The van der Waals surface area contributed by atoms with E-state index < -0.39 is 17.4 Å². The minimum atomic E-state index is -2.63. The van der Waals surface area contributed by atoms with Crippen LogP contribution < -0.4 is 0 Å². The Balaban J connectivity index is 2.00. The van der Waals surface area contributed by atoms with Crippen molar-refractivity contribution < 1.29 is 18.7 Å². The molecular formula is C7H9F2NO2. The van der Waals surface area contributed by atoms with Crippen molar-refractivity contribution in [2.45, 2.75) is 18.8 Å². The molecule has 1 aliphatic heterocycles. The van der Waals surface area contributed by atoms with Crippen molar-refractivity contribution in [3.05, 3.63) is 0 Å². The molecule has 2 aliphatic rings. The van der Waals surface area contributed by atoms with E-state index in [2.05, 4.69) is 0 Å². The van der Waals surface area contributed by atoms with Crippen molar-refractivity contribution in [2.24, 2.45) is 5.41 Å². The van der Waals surface area contributed by atoms with E-state index in [-0.39, 0.29) is 19.5 Å². The number of hydrogen-bond donors (Lipinski definition) is 1. The summed E-state index contributed by atoms with van der Waals surface area (Å²) < 4.78 is 25.7. The molecule has 0 radical (unpaired) electrons. The van der Waals surface area contributed by atoms with Gasteiger partial charge in [-0.05, 0) is 6.42 Å². The molecule has 1 spiro atoms. The van der Waals surface area contributed by atoms with Gasteiger partial charge < -0.3 is 10.0 Å². The predicted octanol–water partition coefficient (Wildman–Crippen LogP) is 1.40. The molecule has 2 rings (SSSR count). The molecule has 0 aromatic carbocycles. The first-order chi connectivity index (χ1) is 5.47. The van der Waals surface area contributed by atoms with Gasteiger partial charge in [-0.2, -0.15) is 0 Å². The van der Waals surface area contributed by atoms with Gasteiger partial charge >= 0.3 is 6.09 Å². The lowest BCUT2D eigenvalue weighted by molar-refractivity contribution is -0.250. The summed E-state index contributed by atoms with van der Waals surface area (Å²) >= 11 is 0. The zero-order valence-electron chi connectivity index (χ0n) is 6.39. The average molecular weight is 177 g/mol. The predicted molar refractivity (Wildman–Crippen MR) is 36.2 cm³/mol. The number of hydrogen-bond acceptors (Lipinski definition) is 1. The molecule has 0 aromatic rings. The van der Waals surface area contributed by atoms with Gasteiger partial charge in [-0.25, -0.2) is 13.6 Å². The van der Waals surface area contributed by atoms with E-state index >= 15 is 0 Å². The molecule has 0 atom stereocenters. The van der Waals surface area contributed by atoms with Crippen LogP contribution in [0.4, 0.5) is 13.6 Å². The molecule has 1 saturated carbocycles. The minimum Gasteiger partial charge on any atom is -0.465 e. The lowest BCUT2D eigenvalue weighted by Gasteiger charge is -2.58. The smallest absolute Gasteiger partial charge is 0.407 e. The van der Waals surface area contributed by atoms with Crippen LogP contribution in [0.15, 0.2) is 0 Å². The molecule has 0 unspecified atom stereocenters. The quantitative estimate of drug-likeness (QED) is 0.607. The number of likely N-dealkylation sites (tertiary alicyclic amines) is 1. The van der Waals surface area contributed by atoms with Gasteiger partial charge in [-0.3, -0.25) is 0 Å². The number of alkyl halides is 2. The van der Waals surface area contributed by atoms with Gasteiger partial charge in [-0.15, -0.1) is 0 Å². The molecule has 1 aliphatic carbocycles.